The Kier molecular flexibility index (Phi) is 5.66. The van der Waals surface area contributed by atoms with E-state index in [1.165, 1.54) is 17.8 Å². The van der Waals surface area contributed by atoms with Crippen molar-refractivity contribution in [2.24, 2.45) is 0 Å². The lowest BCUT2D eigenvalue weighted by atomic mass is 10.1. The van der Waals surface area contributed by atoms with Crippen LogP contribution in [0.15, 0.2) is 23.4 Å². The molecular formula is C18H21F3N6OS. The second kappa shape index (κ2) is 8.21. The van der Waals surface area contributed by atoms with Gasteiger partial charge in [-0.1, -0.05) is 11.8 Å². The van der Waals surface area contributed by atoms with Crippen molar-refractivity contribution >= 4 is 29.0 Å². The molecule has 1 amide bonds. The van der Waals surface area contributed by atoms with Gasteiger partial charge in [0.2, 0.25) is 11.1 Å². The van der Waals surface area contributed by atoms with E-state index in [1.54, 1.807) is 4.68 Å². The van der Waals surface area contributed by atoms with Gasteiger partial charge >= 0.3 is 6.18 Å². The number of amides is 1. The molecule has 2 aliphatic rings. The summed E-state index contributed by atoms with van der Waals surface area (Å²) in [6.07, 6.45) is 0.608. The first kappa shape index (κ1) is 20.0. The first-order valence-corrected chi connectivity index (χ1v) is 10.6. The summed E-state index contributed by atoms with van der Waals surface area (Å²) in [5.41, 5.74) is 0.0341. The fourth-order valence-electron chi connectivity index (χ4n) is 3.37. The number of thioether (sulfide) groups is 1. The monoisotopic (exact) mass is 426 g/mol. The van der Waals surface area contributed by atoms with Crippen molar-refractivity contribution in [3.63, 3.8) is 0 Å². The zero-order chi connectivity index (χ0) is 20.4. The highest BCUT2D eigenvalue weighted by Gasteiger charge is 2.32. The van der Waals surface area contributed by atoms with Gasteiger partial charge in [0, 0.05) is 13.1 Å². The Morgan fingerprint density at radius 3 is 2.66 bits per heavy atom. The van der Waals surface area contributed by atoms with Gasteiger partial charge in [-0.2, -0.15) is 13.2 Å². The van der Waals surface area contributed by atoms with E-state index in [0.29, 0.717) is 10.8 Å². The minimum absolute atomic E-state index is 0.0166. The van der Waals surface area contributed by atoms with Crippen LogP contribution in [0.2, 0.25) is 0 Å². The highest BCUT2D eigenvalue weighted by molar-refractivity contribution is 7.99. The van der Waals surface area contributed by atoms with Gasteiger partial charge in [0.05, 0.1) is 28.7 Å². The molecule has 2 heterocycles. The molecule has 1 saturated carbocycles. The molecule has 4 rings (SSSR count). The Morgan fingerprint density at radius 2 is 1.97 bits per heavy atom. The van der Waals surface area contributed by atoms with E-state index in [-0.39, 0.29) is 17.5 Å². The van der Waals surface area contributed by atoms with Gasteiger partial charge in [0.1, 0.15) is 0 Å². The molecule has 0 spiro atoms. The normalized spacial score (nSPS) is 17.4. The number of rotatable bonds is 6. The van der Waals surface area contributed by atoms with Gasteiger partial charge in [0.25, 0.3) is 0 Å². The molecule has 1 aliphatic heterocycles. The summed E-state index contributed by atoms with van der Waals surface area (Å²) in [5, 5.41) is 14.7. The maximum absolute atomic E-state index is 13.2. The van der Waals surface area contributed by atoms with E-state index in [1.807, 2.05) is 4.90 Å². The number of anilines is 2. The van der Waals surface area contributed by atoms with E-state index in [4.69, 9.17) is 0 Å². The summed E-state index contributed by atoms with van der Waals surface area (Å²) in [6.45, 7) is 1.53. The summed E-state index contributed by atoms with van der Waals surface area (Å²) in [6, 6.07) is 3.81. The summed E-state index contributed by atoms with van der Waals surface area (Å²) in [5.74, 6) is -0.374. The second-order valence-corrected chi connectivity index (χ2v) is 8.19. The number of nitrogens with one attached hydrogen (secondary N) is 1. The SMILES string of the molecule is O=C(CSc1nnnn1C1CC1)Nc1cc(C(F)(F)F)ccc1N1CCCCC1. The van der Waals surface area contributed by atoms with E-state index < -0.39 is 17.6 Å². The highest BCUT2D eigenvalue weighted by atomic mass is 32.2. The Hall–Kier alpha value is -2.30. The lowest BCUT2D eigenvalue weighted by Gasteiger charge is -2.31. The molecule has 2 aromatic rings. The third-order valence-electron chi connectivity index (χ3n) is 4.98. The van der Waals surface area contributed by atoms with E-state index in [2.05, 4.69) is 20.8 Å². The molecule has 0 atom stereocenters. The van der Waals surface area contributed by atoms with Crippen LogP contribution < -0.4 is 10.2 Å². The molecule has 11 heteroatoms. The zero-order valence-electron chi connectivity index (χ0n) is 15.7. The number of piperidine rings is 1. The zero-order valence-corrected chi connectivity index (χ0v) is 16.5. The number of hydrogen-bond donors (Lipinski definition) is 1. The third kappa shape index (κ3) is 4.82. The Balaban J connectivity index is 1.48. The number of hydrogen-bond acceptors (Lipinski definition) is 6. The number of aromatic nitrogens is 4. The number of carbonyl (C=O) groups excluding carboxylic acids is 1. The lowest BCUT2D eigenvalue weighted by molar-refractivity contribution is -0.137. The smallest absolute Gasteiger partial charge is 0.370 e. The van der Waals surface area contributed by atoms with Crippen molar-refractivity contribution in [1.82, 2.24) is 20.2 Å². The quantitative estimate of drug-likeness (QED) is 0.709. The molecule has 2 fully saturated rings. The Bertz CT molecular complexity index is 877. The van der Waals surface area contributed by atoms with E-state index >= 15 is 0 Å². The minimum Gasteiger partial charge on any atom is -0.370 e. The molecular weight excluding hydrogens is 405 g/mol. The van der Waals surface area contributed by atoms with Crippen LogP contribution in [0.25, 0.3) is 0 Å². The minimum atomic E-state index is -4.47. The molecule has 156 valence electrons. The van der Waals surface area contributed by atoms with Crippen LogP contribution in [0.4, 0.5) is 24.5 Å². The molecule has 29 heavy (non-hydrogen) atoms. The number of benzene rings is 1. The van der Waals surface area contributed by atoms with Crippen LogP contribution in [-0.4, -0.2) is 45.0 Å². The van der Waals surface area contributed by atoms with Crippen molar-refractivity contribution in [3.8, 4) is 0 Å². The van der Waals surface area contributed by atoms with Crippen LogP contribution in [0.3, 0.4) is 0 Å². The predicted octanol–water partition coefficient (Wildman–Crippen LogP) is 3.75. The topological polar surface area (TPSA) is 75.9 Å². The summed E-state index contributed by atoms with van der Waals surface area (Å²) in [4.78, 5) is 14.5. The molecule has 1 N–H and O–H groups in total. The van der Waals surface area contributed by atoms with E-state index in [0.717, 1.165) is 57.3 Å². The number of halogens is 3. The van der Waals surface area contributed by atoms with Gasteiger partial charge < -0.3 is 10.2 Å². The number of tetrazole rings is 1. The van der Waals surface area contributed by atoms with Gasteiger partial charge in [0.15, 0.2) is 0 Å². The largest absolute Gasteiger partial charge is 0.416 e. The van der Waals surface area contributed by atoms with E-state index in [9.17, 15) is 18.0 Å². The van der Waals surface area contributed by atoms with Crippen molar-refractivity contribution in [2.45, 2.75) is 49.5 Å². The van der Waals surface area contributed by atoms with Crippen LogP contribution in [0.1, 0.15) is 43.7 Å². The molecule has 7 nitrogen and oxygen atoms in total. The number of alkyl halides is 3. The summed E-state index contributed by atoms with van der Waals surface area (Å²) >= 11 is 1.18. The molecule has 0 bridgehead atoms. The Labute approximate surface area is 170 Å². The molecule has 0 unspecified atom stereocenters. The average molecular weight is 426 g/mol. The van der Waals surface area contributed by atoms with Crippen LogP contribution >= 0.6 is 11.8 Å². The second-order valence-electron chi connectivity index (χ2n) is 7.25. The molecule has 1 aromatic carbocycles. The van der Waals surface area contributed by atoms with Crippen molar-refractivity contribution < 1.29 is 18.0 Å². The standard InChI is InChI=1S/C18H21F3N6OS/c19-18(20,21)12-4-7-15(26-8-2-1-3-9-26)14(10-12)22-16(28)11-29-17-23-24-25-27(17)13-5-6-13/h4,7,10,13H,1-3,5-6,8-9,11H2,(H,22,28). The van der Waals surface area contributed by atoms with Gasteiger partial charge in [-0.3, -0.25) is 4.79 Å². The molecule has 0 radical (unpaired) electrons. The molecule has 1 saturated heterocycles. The van der Waals surface area contributed by atoms with Gasteiger partial charge in [-0.05, 0) is 60.7 Å². The first-order valence-electron chi connectivity index (χ1n) is 9.58. The van der Waals surface area contributed by atoms with Crippen molar-refractivity contribution in [1.29, 1.82) is 0 Å². The highest BCUT2D eigenvalue weighted by Crippen LogP contribution is 2.37. The summed E-state index contributed by atoms with van der Waals surface area (Å²) in [7, 11) is 0. The van der Waals surface area contributed by atoms with Crippen molar-refractivity contribution in [2.75, 3.05) is 29.1 Å². The van der Waals surface area contributed by atoms with Crippen LogP contribution in [0, 0.1) is 0 Å². The fraction of sp³-hybridized carbons (Fsp3) is 0.556. The molecule has 1 aromatic heterocycles. The predicted molar refractivity (Wildman–Crippen MR) is 103 cm³/mol. The Morgan fingerprint density at radius 1 is 1.21 bits per heavy atom. The molecule has 1 aliphatic carbocycles. The summed E-state index contributed by atoms with van der Waals surface area (Å²) < 4.78 is 41.2. The van der Waals surface area contributed by atoms with Crippen LogP contribution in [0.5, 0.6) is 0 Å². The maximum Gasteiger partial charge on any atom is 0.416 e. The third-order valence-corrected chi connectivity index (χ3v) is 5.92. The number of nitrogens with zero attached hydrogens (tertiary/aromatic N) is 5. The maximum atomic E-state index is 13.2. The van der Waals surface area contributed by atoms with Gasteiger partial charge in [-0.25, -0.2) is 4.68 Å². The van der Waals surface area contributed by atoms with Gasteiger partial charge in [-0.15, -0.1) is 5.10 Å². The fourth-order valence-corrected chi connectivity index (χ4v) is 4.11. The first-order chi connectivity index (χ1) is 13.9. The lowest BCUT2D eigenvalue weighted by Crippen LogP contribution is -2.30. The average Bonchev–Trinajstić information content (AvgIpc) is 3.44. The van der Waals surface area contributed by atoms with Crippen LogP contribution in [-0.2, 0) is 11.0 Å². The van der Waals surface area contributed by atoms with Crippen molar-refractivity contribution in [3.05, 3.63) is 23.8 Å². The number of carbonyl (C=O) groups is 1.